The van der Waals surface area contributed by atoms with E-state index in [1.54, 1.807) is 0 Å². The molecule has 2 heteroatoms. The summed E-state index contributed by atoms with van der Waals surface area (Å²) in [5.41, 5.74) is 6.14. The van der Waals surface area contributed by atoms with Crippen molar-refractivity contribution in [3.8, 4) is 0 Å². The van der Waals surface area contributed by atoms with E-state index in [9.17, 15) is 0 Å². The second-order valence-corrected chi connectivity index (χ2v) is 4.69. The molecule has 0 spiro atoms. The van der Waals surface area contributed by atoms with E-state index in [0.29, 0.717) is 12.0 Å². The van der Waals surface area contributed by atoms with Crippen LogP contribution in [0.1, 0.15) is 45.4 Å². The Morgan fingerprint density at radius 3 is 2.87 bits per heavy atom. The van der Waals surface area contributed by atoms with Gasteiger partial charge < -0.3 is 10.5 Å². The van der Waals surface area contributed by atoms with Crippen LogP contribution in [0.2, 0.25) is 0 Å². The first-order valence-corrected chi connectivity index (χ1v) is 6.23. The molecule has 1 fully saturated rings. The second-order valence-electron chi connectivity index (χ2n) is 4.69. The predicted octanol–water partition coefficient (Wildman–Crippen LogP) is 2.88. The van der Waals surface area contributed by atoms with Gasteiger partial charge in [0.05, 0.1) is 6.10 Å². The highest BCUT2D eigenvalue weighted by molar-refractivity contribution is 4.82. The van der Waals surface area contributed by atoms with Gasteiger partial charge in [-0.2, -0.15) is 0 Å². The molecule has 1 aliphatic rings. The molecule has 3 unspecified atom stereocenters. The molecule has 15 heavy (non-hydrogen) atoms. The normalized spacial score (nSPS) is 27.9. The average Bonchev–Trinajstić information content (AvgIpc) is 2.64. The molecular weight excluding hydrogens is 186 g/mol. The predicted molar refractivity (Wildman–Crippen MR) is 64.8 cm³/mol. The van der Waals surface area contributed by atoms with Crippen molar-refractivity contribution in [3.05, 3.63) is 12.7 Å². The van der Waals surface area contributed by atoms with Crippen LogP contribution in [-0.2, 0) is 4.74 Å². The van der Waals surface area contributed by atoms with Crippen molar-refractivity contribution in [1.82, 2.24) is 0 Å². The Hall–Kier alpha value is -0.340. The van der Waals surface area contributed by atoms with Crippen LogP contribution in [0, 0.1) is 5.92 Å². The maximum atomic E-state index is 6.14. The van der Waals surface area contributed by atoms with Crippen molar-refractivity contribution in [2.75, 3.05) is 6.61 Å². The van der Waals surface area contributed by atoms with Gasteiger partial charge in [0.15, 0.2) is 0 Å². The highest BCUT2D eigenvalue weighted by atomic mass is 16.5. The van der Waals surface area contributed by atoms with Crippen molar-refractivity contribution in [1.29, 1.82) is 0 Å². The van der Waals surface area contributed by atoms with Gasteiger partial charge in [0.25, 0.3) is 0 Å². The lowest BCUT2D eigenvalue weighted by Gasteiger charge is -2.22. The quantitative estimate of drug-likeness (QED) is 0.519. The van der Waals surface area contributed by atoms with E-state index in [2.05, 4.69) is 13.5 Å². The molecule has 1 aliphatic heterocycles. The highest BCUT2D eigenvalue weighted by Crippen LogP contribution is 2.24. The number of unbranched alkanes of at least 4 members (excludes halogenated alkanes) is 3. The summed E-state index contributed by atoms with van der Waals surface area (Å²) in [6, 6.07) is 0.242. The van der Waals surface area contributed by atoms with Crippen molar-refractivity contribution in [3.63, 3.8) is 0 Å². The van der Waals surface area contributed by atoms with Crippen LogP contribution in [0.5, 0.6) is 0 Å². The summed E-state index contributed by atoms with van der Waals surface area (Å²) in [4.78, 5) is 0. The molecular formula is C13H25NO. The van der Waals surface area contributed by atoms with Gasteiger partial charge >= 0.3 is 0 Å². The maximum Gasteiger partial charge on any atom is 0.0752 e. The third kappa shape index (κ3) is 4.35. The number of hydrogen-bond acceptors (Lipinski definition) is 2. The fourth-order valence-corrected chi connectivity index (χ4v) is 2.27. The molecule has 1 rings (SSSR count). The van der Waals surface area contributed by atoms with Gasteiger partial charge in [0.2, 0.25) is 0 Å². The number of rotatable bonds is 7. The standard InChI is InChI=1S/C13H25NO/c1-3-4-5-6-7-8-12(14)13-11(2)9-10-15-13/h3,11-13H,1,4-10,14H2,2H3. The van der Waals surface area contributed by atoms with Gasteiger partial charge in [-0.25, -0.2) is 0 Å². The fourth-order valence-electron chi connectivity index (χ4n) is 2.27. The Morgan fingerprint density at radius 2 is 2.27 bits per heavy atom. The molecule has 1 heterocycles. The van der Waals surface area contributed by atoms with Crippen LogP contribution < -0.4 is 5.73 Å². The van der Waals surface area contributed by atoms with Crippen LogP contribution in [0.3, 0.4) is 0 Å². The van der Waals surface area contributed by atoms with E-state index in [1.807, 2.05) is 6.08 Å². The zero-order valence-electron chi connectivity index (χ0n) is 9.95. The van der Waals surface area contributed by atoms with Crippen LogP contribution in [0.4, 0.5) is 0 Å². The average molecular weight is 211 g/mol. The van der Waals surface area contributed by atoms with Gasteiger partial charge in [-0.3, -0.25) is 0 Å². The molecule has 2 N–H and O–H groups in total. The summed E-state index contributed by atoms with van der Waals surface area (Å²) in [7, 11) is 0. The molecule has 0 aromatic rings. The van der Waals surface area contributed by atoms with Crippen LogP contribution >= 0.6 is 0 Å². The van der Waals surface area contributed by atoms with Crippen molar-refractivity contribution in [2.24, 2.45) is 11.7 Å². The maximum absolute atomic E-state index is 6.14. The third-order valence-electron chi connectivity index (χ3n) is 3.31. The molecule has 0 aliphatic carbocycles. The SMILES string of the molecule is C=CCCCCCC(N)C1OCCC1C. The smallest absolute Gasteiger partial charge is 0.0752 e. The van der Waals surface area contributed by atoms with Gasteiger partial charge in [-0.05, 0) is 31.6 Å². The van der Waals surface area contributed by atoms with Crippen molar-refractivity contribution in [2.45, 2.75) is 57.6 Å². The third-order valence-corrected chi connectivity index (χ3v) is 3.31. The van der Waals surface area contributed by atoms with Gasteiger partial charge in [0.1, 0.15) is 0 Å². The highest BCUT2D eigenvalue weighted by Gasteiger charge is 2.29. The number of allylic oxidation sites excluding steroid dienone is 1. The molecule has 1 saturated heterocycles. The fraction of sp³-hybridized carbons (Fsp3) is 0.846. The molecule has 0 amide bonds. The van der Waals surface area contributed by atoms with E-state index in [0.717, 1.165) is 19.4 Å². The Morgan fingerprint density at radius 1 is 1.47 bits per heavy atom. The molecule has 88 valence electrons. The topological polar surface area (TPSA) is 35.2 Å². The van der Waals surface area contributed by atoms with E-state index in [1.165, 1.54) is 25.7 Å². The lowest BCUT2D eigenvalue weighted by Crippen LogP contribution is -2.37. The van der Waals surface area contributed by atoms with E-state index < -0.39 is 0 Å². The summed E-state index contributed by atoms with van der Waals surface area (Å²) in [6.07, 6.45) is 9.44. The molecule has 2 nitrogen and oxygen atoms in total. The summed E-state index contributed by atoms with van der Waals surface area (Å²) >= 11 is 0. The van der Waals surface area contributed by atoms with Crippen LogP contribution in [-0.4, -0.2) is 18.8 Å². The monoisotopic (exact) mass is 211 g/mol. The largest absolute Gasteiger partial charge is 0.376 e. The second kappa shape index (κ2) is 7.02. The van der Waals surface area contributed by atoms with Crippen LogP contribution in [0.15, 0.2) is 12.7 Å². The summed E-state index contributed by atoms with van der Waals surface area (Å²) in [5, 5.41) is 0. The molecule has 0 bridgehead atoms. The molecule has 0 saturated carbocycles. The zero-order chi connectivity index (χ0) is 11.1. The molecule has 0 radical (unpaired) electrons. The first-order chi connectivity index (χ1) is 7.25. The Kier molecular flexibility index (Phi) is 5.96. The summed E-state index contributed by atoms with van der Waals surface area (Å²) in [6.45, 7) is 6.87. The number of ether oxygens (including phenoxy) is 1. The minimum atomic E-state index is 0.242. The van der Waals surface area contributed by atoms with Crippen molar-refractivity contribution < 1.29 is 4.74 Å². The number of nitrogens with two attached hydrogens (primary N) is 1. The van der Waals surface area contributed by atoms with Gasteiger partial charge in [0, 0.05) is 12.6 Å². The Labute approximate surface area is 93.9 Å². The molecule has 0 aromatic carbocycles. The summed E-state index contributed by atoms with van der Waals surface area (Å²) in [5.74, 6) is 0.646. The number of hydrogen-bond donors (Lipinski definition) is 1. The van der Waals surface area contributed by atoms with Gasteiger partial charge in [-0.1, -0.05) is 25.8 Å². The zero-order valence-corrected chi connectivity index (χ0v) is 9.95. The first-order valence-electron chi connectivity index (χ1n) is 6.23. The van der Waals surface area contributed by atoms with E-state index in [-0.39, 0.29) is 6.04 Å². The minimum absolute atomic E-state index is 0.242. The lowest BCUT2D eigenvalue weighted by molar-refractivity contribution is 0.0694. The van der Waals surface area contributed by atoms with Gasteiger partial charge in [-0.15, -0.1) is 6.58 Å². The molecule has 0 aromatic heterocycles. The minimum Gasteiger partial charge on any atom is -0.376 e. The summed E-state index contributed by atoms with van der Waals surface area (Å²) < 4.78 is 5.66. The first kappa shape index (κ1) is 12.7. The van der Waals surface area contributed by atoms with Crippen molar-refractivity contribution >= 4 is 0 Å². The lowest BCUT2D eigenvalue weighted by atomic mass is 9.94. The Bertz CT molecular complexity index is 181. The van der Waals surface area contributed by atoms with E-state index >= 15 is 0 Å². The van der Waals surface area contributed by atoms with E-state index in [4.69, 9.17) is 10.5 Å². The van der Waals surface area contributed by atoms with Crippen LogP contribution in [0.25, 0.3) is 0 Å². The Balaban J connectivity index is 2.07. The molecule has 3 atom stereocenters.